The standard InChI is InChI=1S/C8H9NO3S/c1-4(2)7-9-5(3-13-7)6(10)8(11)12/h3-4H,1-2H3,(H,11,12). The molecule has 0 aliphatic rings. The Kier molecular flexibility index (Phi) is 2.77. The van der Waals surface area contributed by atoms with Crippen LogP contribution in [0.3, 0.4) is 0 Å². The summed E-state index contributed by atoms with van der Waals surface area (Å²) in [6, 6.07) is 0. The number of Topliss-reactive ketones (excluding diaryl/α,β-unsaturated/α-hetero) is 1. The van der Waals surface area contributed by atoms with Gasteiger partial charge in [0.25, 0.3) is 5.78 Å². The van der Waals surface area contributed by atoms with Gasteiger partial charge in [-0.3, -0.25) is 4.79 Å². The minimum atomic E-state index is -1.46. The van der Waals surface area contributed by atoms with Crippen LogP contribution in [0.1, 0.15) is 35.3 Å². The molecule has 0 bridgehead atoms. The highest BCUT2D eigenvalue weighted by Crippen LogP contribution is 2.19. The summed E-state index contributed by atoms with van der Waals surface area (Å²) in [7, 11) is 0. The van der Waals surface area contributed by atoms with Crippen molar-refractivity contribution in [2.45, 2.75) is 19.8 Å². The van der Waals surface area contributed by atoms with Crippen LogP contribution >= 0.6 is 11.3 Å². The van der Waals surface area contributed by atoms with Crippen molar-refractivity contribution in [3.05, 3.63) is 16.1 Å². The molecule has 0 aliphatic carbocycles. The van der Waals surface area contributed by atoms with E-state index in [-0.39, 0.29) is 11.6 Å². The molecule has 0 unspecified atom stereocenters. The van der Waals surface area contributed by atoms with Crippen molar-refractivity contribution in [2.24, 2.45) is 0 Å². The van der Waals surface area contributed by atoms with Crippen LogP contribution < -0.4 is 0 Å². The second-order valence-corrected chi connectivity index (χ2v) is 3.75. The molecule has 4 nitrogen and oxygen atoms in total. The summed E-state index contributed by atoms with van der Waals surface area (Å²) < 4.78 is 0. The van der Waals surface area contributed by atoms with Gasteiger partial charge in [0.2, 0.25) is 0 Å². The minimum Gasteiger partial charge on any atom is -0.475 e. The molecule has 1 aromatic rings. The Morgan fingerprint density at radius 2 is 2.15 bits per heavy atom. The van der Waals surface area contributed by atoms with Crippen LogP contribution in [-0.4, -0.2) is 21.8 Å². The fourth-order valence-corrected chi connectivity index (χ4v) is 1.58. The maximum absolute atomic E-state index is 10.9. The first-order chi connectivity index (χ1) is 6.02. The lowest BCUT2D eigenvalue weighted by molar-refractivity contribution is -0.131. The number of carbonyl (C=O) groups is 2. The third-order valence-electron chi connectivity index (χ3n) is 1.44. The molecule has 0 fully saturated rings. The van der Waals surface area contributed by atoms with Gasteiger partial charge >= 0.3 is 5.97 Å². The average molecular weight is 199 g/mol. The summed E-state index contributed by atoms with van der Waals surface area (Å²) in [6.07, 6.45) is 0. The SMILES string of the molecule is CC(C)c1nc(C(=O)C(=O)O)cs1. The van der Waals surface area contributed by atoms with Crippen LogP contribution in [0.5, 0.6) is 0 Å². The van der Waals surface area contributed by atoms with E-state index in [0.29, 0.717) is 0 Å². The van der Waals surface area contributed by atoms with Gasteiger partial charge in [0.1, 0.15) is 5.69 Å². The van der Waals surface area contributed by atoms with Crippen LogP contribution in [0.15, 0.2) is 5.38 Å². The molecule has 1 aromatic heterocycles. The minimum absolute atomic E-state index is 0.0289. The number of carbonyl (C=O) groups excluding carboxylic acids is 1. The molecule has 1 rings (SSSR count). The normalized spacial score (nSPS) is 10.4. The van der Waals surface area contributed by atoms with Crippen LogP contribution in [0.4, 0.5) is 0 Å². The number of thiazole rings is 1. The maximum atomic E-state index is 10.9. The van der Waals surface area contributed by atoms with E-state index in [2.05, 4.69) is 4.98 Å². The first-order valence-corrected chi connectivity index (χ1v) is 4.63. The number of nitrogens with zero attached hydrogens (tertiary/aromatic N) is 1. The van der Waals surface area contributed by atoms with Gasteiger partial charge in [-0.25, -0.2) is 9.78 Å². The largest absolute Gasteiger partial charge is 0.475 e. The molecule has 0 saturated carbocycles. The molecule has 70 valence electrons. The summed E-state index contributed by atoms with van der Waals surface area (Å²) in [5, 5.41) is 10.7. The van der Waals surface area contributed by atoms with E-state index >= 15 is 0 Å². The zero-order valence-corrected chi connectivity index (χ0v) is 8.09. The number of carboxylic acids is 1. The molecule has 0 saturated heterocycles. The lowest BCUT2D eigenvalue weighted by Crippen LogP contribution is -2.13. The maximum Gasteiger partial charge on any atom is 0.378 e. The molecule has 0 amide bonds. The number of aliphatic carboxylic acids is 1. The average Bonchev–Trinajstić information content (AvgIpc) is 2.50. The number of rotatable bonds is 3. The van der Waals surface area contributed by atoms with E-state index < -0.39 is 11.8 Å². The lowest BCUT2D eigenvalue weighted by atomic mass is 10.2. The molecule has 0 radical (unpaired) electrons. The topological polar surface area (TPSA) is 67.3 Å². The van der Waals surface area contributed by atoms with E-state index in [1.165, 1.54) is 16.7 Å². The van der Waals surface area contributed by atoms with Crippen LogP contribution in [0, 0.1) is 0 Å². The number of hydrogen-bond donors (Lipinski definition) is 1. The Morgan fingerprint density at radius 1 is 1.54 bits per heavy atom. The molecule has 1 N–H and O–H groups in total. The first kappa shape index (κ1) is 9.85. The van der Waals surface area contributed by atoms with Crippen molar-refractivity contribution in [3.8, 4) is 0 Å². The molecule has 0 atom stereocenters. The van der Waals surface area contributed by atoms with Gasteiger partial charge in [-0.05, 0) is 0 Å². The van der Waals surface area contributed by atoms with Gasteiger partial charge in [0.05, 0.1) is 5.01 Å². The predicted octanol–water partition coefficient (Wildman–Crippen LogP) is 1.53. The molecule has 13 heavy (non-hydrogen) atoms. The number of carboxylic acid groups (broad SMARTS) is 1. The zero-order valence-electron chi connectivity index (χ0n) is 7.27. The Morgan fingerprint density at radius 3 is 2.54 bits per heavy atom. The van der Waals surface area contributed by atoms with Crippen molar-refractivity contribution < 1.29 is 14.7 Å². The van der Waals surface area contributed by atoms with Crippen molar-refractivity contribution in [3.63, 3.8) is 0 Å². The third-order valence-corrected chi connectivity index (χ3v) is 2.59. The molecule has 5 heteroatoms. The Labute approximate surface area is 79.2 Å². The van der Waals surface area contributed by atoms with Crippen LogP contribution in [0.25, 0.3) is 0 Å². The van der Waals surface area contributed by atoms with E-state index in [4.69, 9.17) is 5.11 Å². The predicted molar refractivity (Wildman–Crippen MR) is 48.2 cm³/mol. The second-order valence-electron chi connectivity index (χ2n) is 2.86. The Hall–Kier alpha value is -1.23. The Balaban J connectivity index is 2.92. The van der Waals surface area contributed by atoms with Crippen molar-refractivity contribution in [1.29, 1.82) is 0 Å². The zero-order chi connectivity index (χ0) is 10.0. The van der Waals surface area contributed by atoms with E-state index in [1.54, 1.807) is 0 Å². The lowest BCUT2D eigenvalue weighted by Gasteiger charge is -1.95. The van der Waals surface area contributed by atoms with Crippen molar-refractivity contribution in [1.82, 2.24) is 4.98 Å². The fraction of sp³-hybridized carbons (Fsp3) is 0.375. The summed E-state index contributed by atoms with van der Waals surface area (Å²) in [5.74, 6) is -2.18. The second kappa shape index (κ2) is 3.66. The van der Waals surface area contributed by atoms with Gasteiger partial charge in [-0.15, -0.1) is 11.3 Å². The number of hydrogen-bond acceptors (Lipinski definition) is 4. The van der Waals surface area contributed by atoms with Gasteiger partial charge in [-0.1, -0.05) is 13.8 Å². The summed E-state index contributed by atoms with van der Waals surface area (Å²) in [4.78, 5) is 25.1. The van der Waals surface area contributed by atoms with Crippen LogP contribution in [0.2, 0.25) is 0 Å². The molecule has 1 heterocycles. The first-order valence-electron chi connectivity index (χ1n) is 3.75. The highest BCUT2D eigenvalue weighted by Gasteiger charge is 2.18. The number of ketones is 1. The van der Waals surface area contributed by atoms with Gasteiger partial charge in [-0.2, -0.15) is 0 Å². The van der Waals surface area contributed by atoms with E-state index in [9.17, 15) is 9.59 Å². The fourth-order valence-electron chi connectivity index (χ4n) is 0.767. The summed E-state index contributed by atoms with van der Waals surface area (Å²) in [6.45, 7) is 3.88. The van der Waals surface area contributed by atoms with Crippen molar-refractivity contribution >= 4 is 23.1 Å². The van der Waals surface area contributed by atoms with Gasteiger partial charge < -0.3 is 5.11 Å². The highest BCUT2D eigenvalue weighted by atomic mass is 32.1. The van der Waals surface area contributed by atoms with Gasteiger partial charge in [0, 0.05) is 11.3 Å². The van der Waals surface area contributed by atoms with E-state index in [1.807, 2.05) is 13.8 Å². The van der Waals surface area contributed by atoms with Gasteiger partial charge in [0.15, 0.2) is 0 Å². The highest BCUT2D eigenvalue weighted by molar-refractivity contribution is 7.10. The third kappa shape index (κ3) is 2.12. The quantitative estimate of drug-likeness (QED) is 0.592. The summed E-state index contributed by atoms with van der Waals surface area (Å²) >= 11 is 1.31. The molecule has 0 aromatic carbocycles. The molecule has 0 aliphatic heterocycles. The molecular weight excluding hydrogens is 190 g/mol. The van der Waals surface area contributed by atoms with E-state index in [0.717, 1.165) is 5.01 Å². The van der Waals surface area contributed by atoms with Crippen molar-refractivity contribution in [2.75, 3.05) is 0 Å². The Bertz CT molecular complexity index is 343. The van der Waals surface area contributed by atoms with Crippen LogP contribution in [-0.2, 0) is 4.79 Å². The smallest absolute Gasteiger partial charge is 0.378 e. The summed E-state index contributed by atoms with van der Waals surface area (Å²) in [5.41, 5.74) is 0.0289. The monoisotopic (exact) mass is 199 g/mol. The molecular formula is C8H9NO3S. The molecule has 0 spiro atoms. The number of aromatic nitrogens is 1.